The fourth-order valence-electron chi connectivity index (χ4n) is 3.20. The molecule has 0 unspecified atom stereocenters. The van der Waals surface area contributed by atoms with E-state index in [0.29, 0.717) is 38.2 Å². The lowest BCUT2D eigenvalue weighted by Gasteiger charge is -2.35. The van der Waals surface area contributed by atoms with E-state index in [9.17, 15) is 8.42 Å². The number of aryl methyl sites for hydroxylation is 1. The zero-order chi connectivity index (χ0) is 18.4. The molecule has 0 atom stereocenters. The summed E-state index contributed by atoms with van der Waals surface area (Å²) in [6.07, 6.45) is 1.42. The van der Waals surface area contributed by atoms with E-state index >= 15 is 0 Å². The van der Waals surface area contributed by atoms with Crippen molar-refractivity contribution in [2.45, 2.75) is 12.8 Å². The number of nitriles is 1. The van der Waals surface area contributed by atoms with Gasteiger partial charge in [-0.3, -0.25) is 0 Å². The third-order valence-corrected chi connectivity index (χ3v) is 6.66. The molecular weight excluding hydrogens is 346 g/mol. The van der Waals surface area contributed by atoms with Crippen LogP contribution in [0, 0.1) is 11.3 Å². The molecule has 0 N–H and O–H groups in total. The van der Waals surface area contributed by atoms with E-state index in [4.69, 9.17) is 5.26 Å². The second-order valence-electron chi connectivity index (χ2n) is 6.45. The van der Waals surface area contributed by atoms with Crippen LogP contribution in [0.5, 0.6) is 0 Å². The van der Waals surface area contributed by atoms with Crippen molar-refractivity contribution in [2.75, 3.05) is 36.8 Å². The molecule has 0 radical (unpaired) electrons. The molecule has 1 aliphatic rings. The van der Waals surface area contributed by atoms with Crippen LogP contribution < -0.4 is 4.90 Å². The molecule has 1 heterocycles. The van der Waals surface area contributed by atoms with E-state index in [1.807, 2.05) is 42.5 Å². The van der Waals surface area contributed by atoms with Gasteiger partial charge in [-0.25, -0.2) is 8.42 Å². The molecule has 2 aromatic carbocycles. The van der Waals surface area contributed by atoms with Gasteiger partial charge >= 0.3 is 0 Å². The van der Waals surface area contributed by atoms with Crippen molar-refractivity contribution in [1.82, 2.24) is 4.31 Å². The summed E-state index contributed by atoms with van der Waals surface area (Å²) < 4.78 is 26.8. The van der Waals surface area contributed by atoms with Gasteiger partial charge in [0.2, 0.25) is 10.0 Å². The number of benzene rings is 2. The van der Waals surface area contributed by atoms with E-state index in [-0.39, 0.29) is 5.75 Å². The molecule has 136 valence electrons. The first kappa shape index (κ1) is 18.4. The Morgan fingerprint density at radius 2 is 1.58 bits per heavy atom. The average Bonchev–Trinajstić information content (AvgIpc) is 2.69. The summed E-state index contributed by atoms with van der Waals surface area (Å²) in [7, 11) is -3.21. The van der Waals surface area contributed by atoms with Gasteiger partial charge in [-0.1, -0.05) is 30.3 Å². The molecule has 0 spiro atoms. The molecular formula is C20H23N3O2S. The summed E-state index contributed by atoms with van der Waals surface area (Å²) >= 11 is 0. The van der Waals surface area contributed by atoms with Crippen LogP contribution in [0.2, 0.25) is 0 Å². The number of sulfonamides is 1. The second kappa shape index (κ2) is 8.35. The number of hydrogen-bond acceptors (Lipinski definition) is 4. The van der Waals surface area contributed by atoms with E-state index in [1.54, 1.807) is 16.4 Å². The molecule has 0 bridgehead atoms. The highest BCUT2D eigenvalue weighted by molar-refractivity contribution is 7.89. The molecule has 26 heavy (non-hydrogen) atoms. The Labute approximate surface area is 155 Å². The van der Waals surface area contributed by atoms with Crippen LogP contribution in [0.25, 0.3) is 0 Å². The van der Waals surface area contributed by atoms with Crippen molar-refractivity contribution in [3.63, 3.8) is 0 Å². The normalized spacial score (nSPS) is 15.6. The predicted molar refractivity (Wildman–Crippen MR) is 103 cm³/mol. The maximum absolute atomic E-state index is 12.6. The molecule has 5 nitrogen and oxygen atoms in total. The summed E-state index contributed by atoms with van der Waals surface area (Å²) in [4.78, 5) is 2.16. The molecule has 6 heteroatoms. The largest absolute Gasteiger partial charge is 0.369 e. The Morgan fingerprint density at radius 3 is 2.19 bits per heavy atom. The second-order valence-corrected chi connectivity index (χ2v) is 8.54. The van der Waals surface area contributed by atoms with Gasteiger partial charge in [-0.05, 0) is 42.7 Å². The van der Waals surface area contributed by atoms with Crippen molar-refractivity contribution in [3.8, 4) is 6.07 Å². The van der Waals surface area contributed by atoms with Crippen LogP contribution in [0.15, 0.2) is 54.6 Å². The third kappa shape index (κ3) is 4.63. The fourth-order valence-corrected chi connectivity index (χ4v) is 4.69. The average molecular weight is 369 g/mol. The van der Waals surface area contributed by atoms with Crippen LogP contribution in [-0.2, 0) is 16.4 Å². The van der Waals surface area contributed by atoms with Crippen molar-refractivity contribution in [1.29, 1.82) is 5.26 Å². The van der Waals surface area contributed by atoms with Gasteiger partial charge < -0.3 is 4.90 Å². The number of rotatable bonds is 6. The molecule has 0 aliphatic carbocycles. The first-order valence-electron chi connectivity index (χ1n) is 8.85. The van der Waals surface area contributed by atoms with Gasteiger partial charge in [0.05, 0.1) is 17.4 Å². The molecule has 0 saturated carbocycles. The van der Waals surface area contributed by atoms with Crippen molar-refractivity contribution >= 4 is 15.7 Å². The van der Waals surface area contributed by atoms with Gasteiger partial charge in [0.1, 0.15) is 0 Å². The summed E-state index contributed by atoms with van der Waals surface area (Å²) in [5.41, 5.74) is 2.84. The summed E-state index contributed by atoms with van der Waals surface area (Å²) in [5.74, 6) is 0.193. The van der Waals surface area contributed by atoms with Gasteiger partial charge in [-0.15, -0.1) is 0 Å². The Balaban J connectivity index is 1.50. The third-order valence-electron chi connectivity index (χ3n) is 4.70. The van der Waals surface area contributed by atoms with Crippen molar-refractivity contribution in [3.05, 3.63) is 65.7 Å². The minimum atomic E-state index is -3.21. The highest BCUT2D eigenvalue weighted by Crippen LogP contribution is 2.19. The van der Waals surface area contributed by atoms with E-state index < -0.39 is 10.0 Å². The smallest absolute Gasteiger partial charge is 0.214 e. The Bertz CT molecular complexity index is 850. The van der Waals surface area contributed by atoms with Crippen LogP contribution in [0.1, 0.15) is 17.5 Å². The molecule has 1 saturated heterocycles. The maximum atomic E-state index is 12.6. The lowest BCUT2D eigenvalue weighted by Crippen LogP contribution is -2.49. The van der Waals surface area contributed by atoms with Crippen LogP contribution in [-0.4, -0.2) is 44.7 Å². The number of anilines is 1. The first-order valence-corrected chi connectivity index (χ1v) is 10.5. The monoisotopic (exact) mass is 369 g/mol. The lowest BCUT2D eigenvalue weighted by molar-refractivity contribution is 0.384. The summed E-state index contributed by atoms with van der Waals surface area (Å²) in [6.45, 7) is 2.36. The van der Waals surface area contributed by atoms with Crippen molar-refractivity contribution < 1.29 is 8.42 Å². The van der Waals surface area contributed by atoms with Crippen LogP contribution in [0.3, 0.4) is 0 Å². The number of hydrogen-bond donors (Lipinski definition) is 0. The highest BCUT2D eigenvalue weighted by atomic mass is 32.2. The quantitative estimate of drug-likeness (QED) is 0.785. The van der Waals surface area contributed by atoms with Crippen molar-refractivity contribution in [2.24, 2.45) is 0 Å². The standard InChI is InChI=1S/C20H23N3O2S/c21-17-19-8-10-20(11-9-19)22-12-14-23(15-13-22)26(24,25)16-4-7-18-5-2-1-3-6-18/h1-3,5-6,8-11H,4,7,12-16H2. The van der Waals surface area contributed by atoms with Gasteiger partial charge in [0.15, 0.2) is 0 Å². The fraction of sp³-hybridized carbons (Fsp3) is 0.350. The minimum absolute atomic E-state index is 0.193. The maximum Gasteiger partial charge on any atom is 0.214 e. The first-order chi connectivity index (χ1) is 12.6. The Hall–Kier alpha value is -2.36. The summed E-state index contributed by atoms with van der Waals surface area (Å²) in [5, 5.41) is 8.87. The zero-order valence-corrected chi connectivity index (χ0v) is 15.5. The molecule has 0 amide bonds. The van der Waals surface area contributed by atoms with Gasteiger partial charge in [-0.2, -0.15) is 9.57 Å². The highest BCUT2D eigenvalue weighted by Gasteiger charge is 2.26. The lowest BCUT2D eigenvalue weighted by atomic mass is 10.1. The topological polar surface area (TPSA) is 64.4 Å². The van der Waals surface area contributed by atoms with Gasteiger partial charge in [0.25, 0.3) is 0 Å². The van der Waals surface area contributed by atoms with E-state index in [0.717, 1.165) is 12.1 Å². The van der Waals surface area contributed by atoms with E-state index in [2.05, 4.69) is 11.0 Å². The summed E-state index contributed by atoms with van der Waals surface area (Å²) in [6, 6.07) is 19.5. The van der Waals surface area contributed by atoms with Gasteiger partial charge in [0, 0.05) is 31.9 Å². The SMILES string of the molecule is N#Cc1ccc(N2CCN(S(=O)(=O)CCCc3ccccc3)CC2)cc1. The molecule has 2 aromatic rings. The van der Waals surface area contributed by atoms with Crippen LogP contribution >= 0.6 is 0 Å². The molecule has 3 rings (SSSR count). The Morgan fingerprint density at radius 1 is 0.923 bits per heavy atom. The Kier molecular flexibility index (Phi) is 5.92. The predicted octanol–water partition coefficient (Wildman–Crippen LogP) is 2.64. The zero-order valence-electron chi connectivity index (χ0n) is 14.7. The number of nitrogens with zero attached hydrogens (tertiary/aromatic N) is 3. The molecule has 1 fully saturated rings. The number of piperazine rings is 1. The minimum Gasteiger partial charge on any atom is -0.369 e. The molecule has 1 aliphatic heterocycles. The van der Waals surface area contributed by atoms with E-state index in [1.165, 1.54) is 5.56 Å². The van der Waals surface area contributed by atoms with Crippen LogP contribution in [0.4, 0.5) is 5.69 Å². The molecule has 0 aromatic heterocycles.